The first kappa shape index (κ1) is 12.6. The largest absolute Gasteiger partial charge is 0.320 e. The molecule has 4 heteroatoms. The van der Waals surface area contributed by atoms with E-state index in [1.54, 1.807) is 12.3 Å². The fourth-order valence-electron chi connectivity index (χ4n) is 1.26. The summed E-state index contributed by atoms with van der Waals surface area (Å²) >= 11 is 0. The van der Waals surface area contributed by atoms with E-state index < -0.39 is 6.04 Å². The summed E-state index contributed by atoms with van der Waals surface area (Å²) in [6.07, 6.45) is 2.60. The quantitative estimate of drug-likeness (QED) is 0.813. The number of aryl methyl sites for hydroxylation is 1. The maximum atomic E-state index is 11.7. The highest BCUT2D eigenvalue weighted by molar-refractivity contribution is 5.94. The number of nitrogens with one attached hydrogen (secondary N) is 1. The van der Waals surface area contributed by atoms with E-state index in [0.717, 1.165) is 12.0 Å². The SMILES string of the molecule is CC[C@H](C)[C@H](N)C(=O)Nc1ccc(C)cn1. The lowest BCUT2D eigenvalue weighted by Gasteiger charge is -2.17. The Kier molecular flexibility index (Phi) is 4.43. The maximum Gasteiger partial charge on any atom is 0.242 e. The van der Waals surface area contributed by atoms with Gasteiger partial charge in [0.05, 0.1) is 6.04 Å². The van der Waals surface area contributed by atoms with E-state index in [-0.39, 0.29) is 11.8 Å². The molecule has 0 aromatic carbocycles. The van der Waals surface area contributed by atoms with Crippen LogP contribution in [0.1, 0.15) is 25.8 Å². The average molecular weight is 221 g/mol. The molecule has 1 amide bonds. The topological polar surface area (TPSA) is 68.0 Å². The summed E-state index contributed by atoms with van der Waals surface area (Å²) in [5.41, 5.74) is 6.87. The molecule has 0 spiro atoms. The molecule has 88 valence electrons. The van der Waals surface area contributed by atoms with E-state index in [4.69, 9.17) is 5.73 Å². The number of hydrogen-bond acceptors (Lipinski definition) is 3. The number of amides is 1. The molecule has 0 bridgehead atoms. The number of carbonyl (C=O) groups is 1. The highest BCUT2D eigenvalue weighted by atomic mass is 16.2. The molecular formula is C12H19N3O. The second kappa shape index (κ2) is 5.61. The first-order chi connectivity index (χ1) is 7.54. The average Bonchev–Trinajstić information content (AvgIpc) is 2.30. The van der Waals surface area contributed by atoms with Gasteiger partial charge >= 0.3 is 0 Å². The summed E-state index contributed by atoms with van der Waals surface area (Å²) in [7, 11) is 0. The molecule has 1 heterocycles. The highest BCUT2D eigenvalue weighted by Crippen LogP contribution is 2.09. The monoisotopic (exact) mass is 221 g/mol. The van der Waals surface area contributed by atoms with Crippen LogP contribution >= 0.6 is 0 Å². The van der Waals surface area contributed by atoms with Gasteiger partial charge < -0.3 is 11.1 Å². The molecular weight excluding hydrogens is 202 g/mol. The molecule has 0 fully saturated rings. The van der Waals surface area contributed by atoms with Crippen LogP contribution < -0.4 is 11.1 Å². The molecule has 0 saturated heterocycles. The normalized spacial score (nSPS) is 14.2. The summed E-state index contributed by atoms with van der Waals surface area (Å²) in [6, 6.07) is 3.20. The van der Waals surface area contributed by atoms with E-state index in [0.29, 0.717) is 5.82 Å². The minimum absolute atomic E-state index is 0.172. The predicted molar refractivity (Wildman–Crippen MR) is 65.0 cm³/mol. The number of pyridine rings is 1. The second-order valence-corrected chi connectivity index (χ2v) is 4.12. The van der Waals surface area contributed by atoms with Gasteiger partial charge in [-0.2, -0.15) is 0 Å². The molecule has 16 heavy (non-hydrogen) atoms. The number of nitrogens with zero attached hydrogens (tertiary/aromatic N) is 1. The smallest absolute Gasteiger partial charge is 0.242 e. The zero-order valence-corrected chi connectivity index (χ0v) is 10.0. The van der Waals surface area contributed by atoms with Crippen molar-refractivity contribution in [1.29, 1.82) is 0 Å². The van der Waals surface area contributed by atoms with E-state index in [2.05, 4.69) is 10.3 Å². The van der Waals surface area contributed by atoms with Gasteiger partial charge in [-0.25, -0.2) is 4.98 Å². The molecule has 0 aliphatic heterocycles. The fraction of sp³-hybridized carbons (Fsp3) is 0.500. The minimum Gasteiger partial charge on any atom is -0.320 e. The van der Waals surface area contributed by atoms with Crippen LogP contribution in [0.3, 0.4) is 0 Å². The van der Waals surface area contributed by atoms with Crippen molar-refractivity contribution >= 4 is 11.7 Å². The number of rotatable bonds is 4. The summed E-state index contributed by atoms with van der Waals surface area (Å²) in [5.74, 6) is 0.547. The molecule has 1 aromatic rings. The van der Waals surface area contributed by atoms with Crippen LogP contribution in [0.5, 0.6) is 0 Å². The molecule has 0 saturated carbocycles. The molecule has 0 radical (unpaired) electrons. The van der Waals surface area contributed by atoms with Gasteiger partial charge in [-0.15, -0.1) is 0 Å². The Morgan fingerprint density at radius 2 is 2.25 bits per heavy atom. The summed E-state index contributed by atoms with van der Waals surface area (Å²) < 4.78 is 0. The van der Waals surface area contributed by atoms with Crippen molar-refractivity contribution in [3.63, 3.8) is 0 Å². The molecule has 1 aromatic heterocycles. The van der Waals surface area contributed by atoms with Gasteiger partial charge in [0.15, 0.2) is 0 Å². The number of anilines is 1. The summed E-state index contributed by atoms with van der Waals surface area (Å²) in [5, 5.41) is 2.71. The Morgan fingerprint density at radius 3 is 2.75 bits per heavy atom. The van der Waals surface area contributed by atoms with Crippen molar-refractivity contribution < 1.29 is 4.79 Å². The van der Waals surface area contributed by atoms with E-state index in [9.17, 15) is 4.79 Å². The van der Waals surface area contributed by atoms with Crippen LogP contribution in [0.15, 0.2) is 18.3 Å². The third kappa shape index (κ3) is 3.31. The van der Waals surface area contributed by atoms with Crippen LogP contribution in [0.25, 0.3) is 0 Å². The molecule has 2 atom stereocenters. The Hall–Kier alpha value is -1.42. The minimum atomic E-state index is -0.479. The molecule has 0 aliphatic rings. The van der Waals surface area contributed by atoms with Crippen LogP contribution in [0.4, 0.5) is 5.82 Å². The molecule has 0 unspecified atom stereocenters. The van der Waals surface area contributed by atoms with E-state index in [1.165, 1.54) is 0 Å². The van der Waals surface area contributed by atoms with Crippen LogP contribution in [-0.4, -0.2) is 16.9 Å². The lowest BCUT2D eigenvalue weighted by Crippen LogP contribution is -2.40. The Labute approximate surface area is 96.3 Å². The van der Waals surface area contributed by atoms with Gasteiger partial charge in [0.25, 0.3) is 0 Å². The van der Waals surface area contributed by atoms with Gasteiger partial charge in [-0.3, -0.25) is 4.79 Å². The lowest BCUT2D eigenvalue weighted by molar-refractivity contribution is -0.118. The molecule has 1 rings (SSSR count). The molecule has 4 nitrogen and oxygen atoms in total. The van der Waals surface area contributed by atoms with Gasteiger partial charge in [-0.05, 0) is 24.5 Å². The maximum absolute atomic E-state index is 11.7. The Bertz CT molecular complexity index is 348. The lowest BCUT2D eigenvalue weighted by atomic mass is 9.99. The van der Waals surface area contributed by atoms with Crippen molar-refractivity contribution in [2.24, 2.45) is 11.7 Å². The van der Waals surface area contributed by atoms with Gasteiger partial charge in [0, 0.05) is 6.20 Å². The van der Waals surface area contributed by atoms with Crippen LogP contribution in [-0.2, 0) is 4.79 Å². The van der Waals surface area contributed by atoms with Gasteiger partial charge in [-0.1, -0.05) is 26.3 Å². The molecule has 3 N–H and O–H groups in total. The van der Waals surface area contributed by atoms with E-state index in [1.807, 2.05) is 26.8 Å². The van der Waals surface area contributed by atoms with Crippen molar-refractivity contribution in [1.82, 2.24) is 4.98 Å². The van der Waals surface area contributed by atoms with Crippen molar-refractivity contribution in [2.75, 3.05) is 5.32 Å². The van der Waals surface area contributed by atoms with Gasteiger partial charge in [0.1, 0.15) is 5.82 Å². The molecule has 0 aliphatic carbocycles. The first-order valence-electron chi connectivity index (χ1n) is 5.53. The van der Waals surface area contributed by atoms with Crippen LogP contribution in [0.2, 0.25) is 0 Å². The van der Waals surface area contributed by atoms with Crippen molar-refractivity contribution in [2.45, 2.75) is 33.2 Å². The number of hydrogen-bond donors (Lipinski definition) is 2. The zero-order valence-electron chi connectivity index (χ0n) is 10.0. The second-order valence-electron chi connectivity index (χ2n) is 4.12. The van der Waals surface area contributed by atoms with Gasteiger partial charge in [0.2, 0.25) is 5.91 Å². The van der Waals surface area contributed by atoms with Crippen molar-refractivity contribution in [3.8, 4) is 0 Å². The predicted octanol–water partition coefficient (Wildman–Crippen LogP) is 1.70. The number of aromatic nitrogens is 1. The fourth-order valence-corrected chi connectivity index (χ4v) is 1.26. The first-order valence-corrected chi connectivity index (χ1v) is 5.53. The number of carbonyl (C=O) groups excluding carboxylic acids is 1. The third-order valence-electron chi connectivity index (χ3n) is 2.72. The Morgan fingerprint density at radius 1 is 1.56 bits per heavy atom. The van der Waals surface area contributed by atoms with E-state index >= 15 is 0 Å². The van der Waals surface area contributed by atoms with Crippen molar-refractivity contribution in [3.05, 3.63) is 23.9 Å². The highest BCUT2D eigenvalue weighted by Gasteiger charge is 2.19. The summed E-state index contributed by atoms with van der Waals surface area (Å²) in [4.78, 5) is 15.8. The van der Waals surface area contributed by atoms with Crippen LogP contribution in [0, 0.1) is 12.8 Å². The Balaban J connectivity index is 2.60. The summed E-state index contributed by atoms with van der Waals surface area (Å²) in [6.45, 7) is 5.93. The third-order valence-corrected chi connectivity index (χ3v) is 2.72. The standard InChI is InChI=1S/C12H19N3O/c1-4-9(3)11(13)12(16)15-10-6-5-8(2)7-14-10/h5-7,9,11H,4,13H2,1-3H3,(H,14,15,16)/t9-,11-/m0/s1. The zero-order chi connectivity index (χ0) is 12.1. The number of nitrogens with two attached hydrogens (primary N) is 1.